The second-order valence-electron chi connectivity index (χ2n) is 5.75. The molecule has 1 heteroatoms. The van der Waals surface area contributed by atoms with Gasteiger partial charge in [-0.1, -0.05) is 34.1 Å². The number of hydrogen-bond acceptors (Lipinski definition) is 1. The summed E-state index contributed by atoms with van der Waals surface area (Å²) in [5.41, 5.74) is 1.24. The fourth-order valence-electron chi connectivity index (χ4n) is 2.77. The molecule has 0 aromatic heterocycles. The van der Waals surface area contributed by atoms with Crippen LogP contribution in [0.2, 0.25) is 0 Å². The molecule has 0 aliphatic carbocycles. The van der Waals surface area contributed by atoms with Crippen LogP contribution in [0.4, 0.5) is 0 Å². The summed E-state index contributed by atoms with van der Waals surface area (Å²) >= 11 is 0. The van der Waals surface area contributed by atoms with Crippen LogP contribution in [-0.4, -0.2) is 23.0 Å². The van der Waals surface area contributed by atoms with E-state index in [0.717, 1.165) is 12.0 Å². The zero-order valence-electron chi connectivity index (χ0n) is 9.72. The van der Waals surface area contributed by atoms with Crippen molar-refractivity contribution in [2.45, 2.75) is 59.0 Å². The van der Waals surface area contributed by atoms with Crippen molar-refractivity contribution in [1.82, 2.24) is 4.90 Å². The highest BCUT2D eigenvalue weighted by atomic mass is 15.6. The molecule has 0 spiro atoms. The quantitative estimate of drug-likeness (QED) is 0.603. The van der Waals surface area contributed by atoms with Crippen molar-refractivity contribution < 1.29 is 0 Å². The Labute approximate surface area is 82.5 Å². The molecule has 0 bridgehead atoms. The summed E-state index contributed by atoms with van der Waals surface area (Å²) in [5, 5.41) is 0. The van der Waals surface area contributed by atoms with Gasteiger partial charge in [0.05, 0.1) is 0 Å². The van der Waals surface area contributed by atoms with Gasteiger partial charge in [-0.2, -0.15) is 0 Å². The molecule has 2 rings (SSSR count). The first-order valence-corrected chi connectivity index (χ1v) is 5.73. The lowest BCUT2D eigenvalue weighted by atomic mass is 9.71. The molecular formula is C12H23N. The Kier molecular flexibility index (Phi) is 1.83. The highest BCUT2D eigenvalue weighted by molar-refractivity contribution is 5.32. The maximum Gasteiger partial charge on any atom is 0.0498 e. The van der Waals surface area contributed by atoms with Gasteiger partial charge in [0, 0.05) is 18.1 Å². The van der Waals surface area contributed by atoms with E-state index in [1.54, 1.807) is 0 Å². The molecule has 0 aromatic carbocycles. The van der Waals surface area contributed by atoms with Crippen molar-refractivity contribution in [2.24, 2.45) is 11.3 Å². The van der Waals surface area contributed by atoms with Crippen LogP contribution < -0.4 is 0 Å². The van der Waals surface area contributed by atoms with E-state index in [-0.39, 0.29) is 0 Å². The van der Waals surface area contributed by atoms with Crippen LogP contribution in [0.25, 0.3) is 0 Å². The molecule has 76 valence electrons. The van der Waals surface area contributed by atoms with Crippen LogP contribution in [0, 0.1) is 11.3 Å². The van der Waals surface area contributed by atoms with Crippen LogP contribution in [0.3, 0.4) is 0 Å². The van der Waals surface area contributed by atoms with E-state index >= 15 is 0 Å². The zero-order chi connectivity index (χ0) is 9.85. The van der Waals surface area contributed by atoms with Gasteiger partial charge in [0.25, 0.3) is 0 Å². The Morgan fingerprint density at radius 1 is 1.54 bits per heavy atom. The molecule has 0 saturated carbocycles. The van der Waals surface area contributed by atoms with Gasteiger partial charge < -0.3 is 0 Å². The molecule has 2 saturated heterocycles. The lowest BCUT2D eigenvalue weighted by molar-refractivity contribution is 0.180. The Morgan fingerprint density at radius 3 is 2.31 bits per heavy atom. The van der Waals surface area contributed by atoms with Crippen LogP contribution >= 0.6 is 0 Å². The van der Waals surface area contributed by atoms with Gasteiger partial charge in [-0.15, -0.1) is 0 Å². The summed E-state index contributed by atoms with van der Waals surface area (Å²) < 4.78 is 0. The maximum atomic E-state index is 2.63. The van der Waals surface area contributed by atoms with Gasteiger partial charge in [0.2, 0.25) is 0 Å². The first-order chi connectivity index (χ1) is 5.96. The van der Waals surface area contributed by atoms with E-state index in [4.69, 9.17) is 0 Å². The smallest absolute Gasteiger partial charge is 0.0498 e. The highest BCUT2D eigenvalue weighted by Crippen LogP contribution is 2.62. The van der Waals surface area contributed by atoms with Crippen LogP contribution in [0.5, 0.6) is 0 Å². The topological polar surface area (TPSA) is 3.01 Å². The maximum absolute atomic E-state index is 2.63. The van der Waals surface area contributed by atoms with Gasteiger partial charge in [-0.05, 0) is 24.7 Å². The van der Waals surface area contributed by atoms with Crippen molar-refractivity contribution in [3.8, 4) is 0 Å². The van der Waals surface area contributed by atoms with Crippen molar-refractivity contribution in [3.05, 3.63) is 0 Å². The third-order valence-electron chi connectivity index (χ3n) is 5.00. The molecule has 13 heavy (non-hydrogen) atoms. The van der Waals surface area contributed by atoms with Crippen molar-refractivity contribution in [3.63, 3.8) is 0 Å². The second-order valence-corrected chi connectivity index (χ2v) is 5.75. The normalized spacial score (nSPS) is 45.7. The zero-order valence-corrected chi connectivity index (χ0v) is 9.72. The predicted molar refractivity (Wildman–Crippen MR) is 56.8 cm³/mol. The van der Waals surface area contributed by atoms with Gasteiger partial charge in [0.15, 0.2) is 0 Å². The summed E-state index contributed by atoms with van der Waals surface area (Å²) in [7, 11) is 0. The lowest BCUT2D eigenvalue weighted by Gasteiger charge is -2.33. The minimum absolute atomic E-state index is 0.569. The van der Waals surface area contributed by atoms with Crippen LogP contribution in [0.15, 0.2) is 0 Å². The molecule has 2 aliphatic rings. The molecule has 1 nitrogen and oxygen atoms in total. The van der Waals surface area contributed by atoms with Crippen molar-refractivity contribution >= 4 is 0 Å². The molecule has 2 fully saturated rings. The monoisotopic (exact) mass is 181 g/mol. The minimum Gasteiger partial charge on any atom is -0.288 e. The predicted octanol–water partition coefficient (Wildman–Crippen LogP) is 2.91. The summed E-state index contributed by atoms with van der Waals surface area (Å²) in [6, 6.07) is 0.900. The molecule has 4 atom stereocenters. The molecule has 4 unspecified atom stereocenters. The van der Waals surface area contributed by atoms with Crippen LogP contribution in [-0.2, 0) is 0 Å². The summed E-state index contributed by atoms with van der Waals surface area (Å²) in [5.74, 6) is 0.821. The second kappa shape index (κ2) is 2.50. The van der Waals surface area contributed by atoms with Gasteiger partial charge >= 0.3 is 0 Å². The third kappa shape index (κ3) is 1.16. The summed E-state index contributed by atoms with van der Waals surface area (Å²) in [6.45, 7) is 13.3. The van der Waals surface area contributed by atoms with E-state index in [1.165, 1.54) is 19.4 Å². The van der Waals surface area contributed by atoms with Crippen LogP contribution in [0.1, 0.15) is 47.5 Å². The Morgan fingerprint density at radius 2 is 2.08 bits per heavy atom. The largest absolute Gasteiger partial charge is 0.288 e. The lowest BCUT2D eigenvalue weighted by Crippen LogP contribution is -2.29. The Balaban J connectivity index is 1.99. The Bertz CT molecular complexity index is 217. The molecule has 2 heterocycles. The minimum atomic E-state index is 0.569. The van der Waals surface area contributed by atoms with E-state index in [0.29, 0.717) is 11.0 Å². The average Bonchev–Trinajstić information content (AvgIpc) is 2.92. The van der Waals surface area contributed by atoms with Gasteiger partial charge in [0.1, 0.15) is 0 Å². The van der Waals surface area contributed by atoms with E-state index < -0.39 is 0 Å². The third-order valence-corrected chi connectivity index (χ3v) is 5.00. The van der Waals surface area contributed by atoms with Crippen molar-refractivity contribution in [1.29, 1.82) is 0 Å². The standard InChI is InChI=1S/C12H23N/c1-6-11(5,9(2)3)7-12-8-13(12)10(12)4/h9-10H,6-8H2,1-5H3. The summed E-state index contributed by atoms with van der Waals surface area (Å²) in [6.07, 6.45) is 2.75. The molecule has 0 radical (unpaired) electrons. The van der Waals surface area contributed by atoms with E-state index in [2.05, 4.69) is 39.5 Å². The molecular weight excluding hydrogens is 158 g/mol. The van der Waals surface area contributed by atoms with E-state index in [1.807, 2.05) is 0 Å². The first kappa shape index (κ1) is 9.51. The fraction of sp³-hybridized carbons (Fsp3) is 1.00. The number of hydrogen-bond donors (Lipinski definition) is 0. The number of rotatable bonds is 4. The number of fused-ring (bicyclic) bond motifs is 1. The fourth-order valence-corrected chi connectivity index (χ4v) is 2.77. The average molecular weight is 181 g/mol. The van der Waals surface area contributed by atoms with Gasteiger partial charge in [-0.25, -0.2) is 0 Å². The first-order valence-electron chi connectivity index (χ1n) is 5.73. The number of nitrogens with zero attached hydrogens (tertiary/aromatic N) is 1. The van der Waals surface area contributed by atoms with Crippen molar-refractivity contribution in [2.75, 3.05) is 6.54 Å². The molecule has 0 aromatic rings. The molecule has 0 N–H and O–H groups in total. The SMILES string of the molecule is CCC(C)(CC12CN1C2C)C(C)C. The summed E-state index contributed by atoms with van der Waals surface area (Å²) in [4.78, 5) is 2.63. The van der Waals surface area contributed by atoms with E-state index in [9.17, 15) is 0 Å². The Hall–Kier alpha value is -0.0400. The highest BCUT2D eigenvalue weighted by Gasteiger charge is 2.75. The molecule has 2 aliphatic heterocycles. The molecule has 0 amide bonds. The van der Waals surface area contributed by atoms with Gasteiger partial charge in [-0.3, -0.25) is 4.90 Å².